The molecule has 0 spiro atoms. The van der Waals surface area contributed by atoms with Crippen molar-refractivity contribution in [2.75, 3.05) is 0 Å². The first-order valence-electron chi connectivity index (χ1n) is 6.81. The lowest BCUT2D eigenvalue weighted by Gasteiger charge is -2.23. The molecule has 1 fully saturated rings. The number of hydrogen-bond donors (Lipinski definition) is 0. The van der Waals surface area contributed by atoms with Crippen LogP contribution in [0.1, 0.15) is 28.8 Å². The van der Waals surface area contributed by atoms with E-state index in [1.807, 2.05) is 0 Å². The van der Waals surface area contributed by atoms with Gasteiger partial charge >= 0.3 is 0 Å². The van der Waals surface area contributed by atoms with Gasteiger partial charge in [0.25, 0.3) is 5.91 Å². The van der Waals surface area contributed by atoms with Crippen LogP contribution in [0.3, 0.4) is 0 Å². The molecule has 21 heavy (non-hydrogen) atoms. The maximum atomic E-state index is 13.8. The minimum absolute atomic E-state index is 0.134. The predicted molar refractivity (Wildman–Crippen MR) is 78.5 cm³/mol. The monoisotopic (exact) mass is 304 g/mol. The average molecular weight is 305 g/mol. The minimum atomic E-state index is -0.288. The molecular weight excluding hydrogens is 291 g/mol. The number of carbonyl (C=O) groups excluding carboxylic acids is 1. The van der Waals surface area contributed by atoms with Crippen LogP contribution in [-0.4, -0.2) is 21.8 Å². The highest BCUT2D eigenvalue weighted by molar-refractivity contribution is 6.29. The minimum Gasteiger partial charge on any atom is -0.331 e. The molecule has 1 aliphatic rings. The third kappa shape index (κ3) is 3.22. The number of rotatable bonds is 4. The summed E-state index contributed by atoms with van der Waals surface area (Å²) in [6.45, 7) is 0.274. The van der Waals surface area contributed by atoms with Crippen molar-refractivity contribution in [2.45, 2.75) is 25.4 Å². The van der Waals surface area contributed by atoms with Gasteiger partial charge in [-0.25, -0.2) is 9.37 Å². The van der Waals surface area contributed by atoms with Crippen LogP contribution < -0.4 is 0 Å². The lowest BCUT2D eigenvalue weighted by Crippen LogP contribution is -2.33. The molecule has 0 atom stereocenters. The van der Waals surface area contributed by atoms with E-state index in [2.05, 4.69) is 4.98 Å². The van der Waals surface area contributed by atoms with E-state index in [0.29, 0.717) is 11.1 Å². The predicted octanol–water partition coefficient (Wildman–Crippen LogP) is 3.68. The number of nitrogens with zero attached hydrogens (tertiary/aromatic N) is 2. The normalized spacial score (nSPS) is 14.0. The molecule has 1 heterocycles. The Morgan fingerprint density at radius 2 is 2.10 bits per heavy atom. The molecule has 3 nitrogen and oxygen atoms in total. The zero-order valence-electron chi connectivity index (χ0n) is 11.3. The maximum Gasteiger partial charge on any atom is 0.254 e. The van der Waals surface area contributed by atoms with E-state index >= 15 is 0 Å². The van der Waals surface area contributed by atoms with Crippen LogP contribution in [0.4, 0.5) is 4.39 Å². The summed E-state index contributed by atoms with van der Waals surface area (Å²) in [5.74, 6) is -0.422. The second-order valence-electron chi connectivity index (χ2n) is 5.12. The Kier molecular flexibility index (Phi) is 3.88. The van der Waals surface area contributed by atoms with Crippen LogP contribution >= 0.6 is 11.6 Å². The van der Waals surface area contributed by atoms with Crippen LogP contribution in [0.2, 0.25) is 5.15 Å². The Morgan fingerprint density at radius 3 is 2.76 bits per heavy atom. The SMILES string of the molecule is O=C(c1ccnc(Cl)c1)N(Cc1ccccc1F)C1CC1. The van der Waals surface area contributed by atoms with Gasteiger partial charge in [-0.15, -0.1) is 0 Å². The quantitative estimate of drug-likeness (QED) is 0.807. The maximum absolute atomic E-state index is 13.8. The van der Waals surface area contributed by atoms with Gasteiger partial charge in [0.1, 0.15) is 11.0 Å². The molecule has 1 aromatic heterocycles. The summed E-state index contributed by atoms with van der Waals surface area (Å²) in [6.07, 6.45) is 3.42. The molecule has 0 N–H and O–H groups in total. The number of carbonyl (C=O) groups is 1. The third-order valence-corrected chi connectivity index (χ3v) is 3.73. The molecule has 2 aromatic rings. The fraction of sp³-hybridized carbons (Fsp3) is 0.250. The van der Waals surface area contributed by atoms with Gasteiger partial charge in [0.15, 0.2) is 0 Å². The van der Waals surface area contributed by atoms with Crippen LogP contribution in [0.15, 0.2) is 42.6 Å². The highest BCUT2D eigenvalue weighted by Gasteiger charge is 2.33. The largest absolute Gasteiger partial charge is 0.331 e. The van der Waals surface area contributed by atoms with E-state index in [-0.39, 0.29) is 29.5 Å². The Labute approximate surface area is 127 Å². The molecule has 0 unspecified atom stereocenters. The van der Waals surface area contributed by atoms with E-state index in [4.69, 9.17) is 11.6 Å². The summed E-state index contributed by atoms with van der Waals surface area (Å²) in [5.41, 5.74) is 1.01. The second-order valence-corrected chi connectivity index (χ2v) is 5.51. The zero-order chi connectivity index (χ0) is 14.8. The van der Waals surface area contributed by atoms with Crippen molar-refractivity contribution in [3.05, 3.63) is 64.7 Å². The van der Waals surface area contributed by atoms with Gasteiger partial charge in [-0.2, -0.15) is 0 Å². The summed E-state index contributed by atoms with van der Waals surface area (Å²) >= 11 is 5.83. The van der Waals surface area contributed by atoms with Gasteiger partial charge in [0, 0.05) is 29.9 Å². The molecule has 0 saturated heterocycles. The molecule has 108 valence electrons. The van der Waals surface area contributed by atoms with Crippen LogP contribution in [-0.2, 0) is 6.54 Å². The van der Waals surface area contributed by atoms with Crippen molar-refractivity contribution < 1.29 is 9.18 Å². The molecule has 1 amide bonds. The van der Waals surface area contributed by atoms with E-state index < -0.39 is 0 Å². The standard InChI is InChI=1S/C16H14ClFN2O/c17-15-9-11(7-8-19-15)16(21)20(13-5-6-13)10-12-3-1-2-4-14(12)18/h1-4,7-9,13H,5-6,10H2. The fourth-order valence-electron chi connectivity index (χ4n) is 2.26. The first kappa shape index (κ1) is 14.0. The van der Waals surface area contributed by atoms with Crippen molar-refractivity contribution in [1.82, 2.24) is 9.88 Å². The summed E-state index contributed by atoms with van der Waals surface area (Å²) in [6, 6.07) is 9.89. The average Bonchev–Trinajstić information content (AvgIpc) is 3.30. The zero-order valence-corrected chi connectivity index (χ0v) is 12.1. The van der Waals surface area contributed by atoms with E-state index in [9.17, 15) is 9.18 Å². The summed E-state index contributed by atoms with van der Waals surface area (Å²) in [4.78, 5) is 18.2. The molecule has 1 aromatic carbocycles. The Hall–Kier alpha value is -1.94. The first-order chi connectivity index (χ1) is 10.1. The Balaban J connectivity index is 1.85. The molecule has 1 aliphatic carbocycles. The van der Waals surface area contributed by atoms with Gasteiger partial charge in [-0.05, 0) is 31.0 Å². The van der Waals surface area contributed by atoms with E-state index in [1.165, 1.54) is 12.3 Å². The molecule has 3 rings (SSSR count). The van der Waals surface area contributed by atoms with E-state index in [0.717, 1.165) is 12.8 Å². The molecule has 0 aliphatic heterocycles. The van der Waals surface area contributed by atoms with Gasteiger partial charge < -0.3 is 4.90 Å². The van der Waals surface area contributed by atoms with E-state index in [1.54, 1.807) is 35.2 Å². The topological polar surface area (TPSA) is 33.2 Å². The fourth-order valence-corrected chi connectivity index (χ4v) is 2.44. The highest BCUT2D eigenvalue weighted by Crippen LogP contribution is 2.30. The van der Waals surface area contributed by atoms with Crippen molar-refractivity contribution in [1.29, 1.82) is 0 Å². The summed E-state index contributed by atoms with van der Waals surface area (Å²) in [7, 11) is 0. The first-order valence-corrected chi connectivity index (χ1v) is 7.19. The van der Waals surface area contributed by atoms with Crippen LogP contribution in [0, 0.1) is 5.82 Å². The summed E-state index contributed by atoms with van der Waals surface area (Å²) < 4.78 is 13.8. The second kappa shape index (κ2) is 5.82. The number of aromatic nitrogens is 1. The Bertz CT molecular complexity index is 673. The molecule has 0 radical (unpaired) electrons. The third-order valence-electron chi connectivity index (χ3n) is 3.52. The van der Waals surface area contributed by atoms with Crippen molar-refractivity contribution in [3.63, 3.8) is 0 Å². The van der Waals surface area contributed by atoms with Crippen LogP contribution in [0.25, 0.3) is 0 Å². The Morgan fingerprint density at radius 1 is 1.33 bits per heavy atom. The molecule has 5 heteroatoms. The van der Waals surface area contributed by atoms with Gasteiger partial charge in [-0.3, -0.25) is 4.79 Å². The van der Waals surface area contributed by atoms with Crippen LogP contribution in [0.5, 0.6) is 0 Å². The van der Waals surface area contributed by atoms with Gasteiger partial charge in [-0.1, -0.05) is 29.8 Å². The van der Waals surface area contributed by atoms with Gasteiger partial charge in [0.2, 0.25) is 0 Å². The van der Waals surface area contributed by atoms with Crippen molar-refractivity contribution in [2.24, 2.45) is 0 Å². The number of hydrogen-bond acceptors (Lipinski definition) is 2. The highest BCUT2D eigenvalue weighted by atomic mass is 35.5. The van der Waals surface area contributed by atoms with Gasteiger partial charge in [0.05, 0.1) is 0 Å². The number of benzene rings is 1. The number of amides is 1. The smallest absolute Gasteiger partial charge is 0.254 e. The molecule has 0 bridgehead atoms. The summed E-state index contributed by atoms with van der Waals surface area (Å²) in [5, 5.41) is 0.280. The lowest BCUT2D eigenvalue weighted by atomic mass is 10.1. The molecule has 1 saturated carbocycles. The number of halogens is 2. The van der Waals surface area contributed by atoms with Crippen molar-refractivity contribution in [3.8, 4) is 0 Å². The van der Waals surface area contributed by atoms with Crippen molar-refractivity contribution >= 4 is 17.5 Å². The number of pyridine rings is 1. The lowest BCUT2D eigenvalue weighted by molar-refractivity contribution is 0.0728. The molecular formula is C16H14ClFN2O.